The standard InChI is InChI=1S/C11H11N3S/c1-2-9-3-4-10(15-9)8-14-6-5-13-11(14)7-12/h3-6H,2,8H2,1H3. The summed E-state index contributed by atoms with van der Waals surface area (Å²) in [6, 6.07) is 6.33. The Balaban J connectivity index is 2.19. The van der Waals surface area contributed by atoms with Crippen LogP contribution in [0.25, 0.3) is 0 Å². The molecule has 0 aliphatic carbocycles. The summed E-state index contributed by atoms with van der Waals surface area (Å²) in [5.74, 6) is 0.474. The molecular weight excluding hydrogens is 206 g/mol. The lowest BCUT2D eigenvalue weighted by Crippen LogP contribution is -1.99. The molecule has 2 heterocycles. The van der Waals surface area contributed by atoms with Crippen molar-refractivity contribution in [3.05, 3.63) is 40.1 Å². The summed E-state index contributed by atoms with van der Waals surface area (Å²) >= 11 is 1.79. The number of nitriles is 1. The minimum absolute atomic E-state index is 0.474. The van der Waals surface area contributed by atoms with Crippen LogP contribution in [0.2, 0.25) is 0 Å². The van der Waals surface area contributed by atoms with Gasteiger partial charge in [0.25, 0.3) is 0 Å². The monoisotopic (exact) mass is 217 g/mol. The van der Waals surface area contributed by atoms with Crippen LogP contribution in [0, 0.1) is 11.3 Å². The van der Waals surface area contributed by atoms with Gasteiger partial charge in [0, 0.05) is 22.1 Å². The molecule has 0 fully saturated rings. The molecule has 0 aromatic carbocycles. The Kier molecular flexibility index (Phi) is 2.84. The number of nitrogens with zero attached hydrogens (tertiary/aromatic N) is 3. The number of hydrogen-bond donors (Lipinski definition) is 0. The van der Waals surface area contributed by atoms with Crippen molar-refractivity contribution >= 4 is 11.3 Å². The minimum Gasteiger partial charge on any atom is -0.317 e. The normalized spacial score (nSPS) is 10.1. The second-order valence-corrected chi connectivity index (χ2v) is 4.47. The maximum atomic E-state index is 8.81. The van der Waals surface area contributed by atoms with Gasteiger partial charge >= 0.3 is 0 Å². The molecule has 4 heteroatoms. The van der Waals surface area contributed by atoms with E-state index in [1.165, 1.54) is 9.75 Å². The van der Waals surface area contributed by atoms with Gasteiger partial charge in [-0.05, 0) is 18.6 Å². The molecule has 0 saturated carbocycles. The fourth-order valence-corrected chi connectivity index (χ4v) is 2.37. The summed E-state index contributed by atoms with van der Waals surface area (Å²) in [4.78, 5) is 6.61. The van der Waals surface area contributed by atoms with Gasteiger partial charge in [-0.15, -0.1) is 11.3 Å². The van der Waals surface area contributed by atoms with Crippen LogP contribution in [0.4, 0.5) is 0 Å². The Bertz CT molecular complexity index is 490. The van der Waals surface area contributed by atoms with E-state index in [-0.39, 0.29) is 0 Å². The molecule has 0 radical (unpaired) electrons. The average molecular weight is 217 g/mol. The summed E-state index contributed by atoms with van der Waals surface area (Å²) in [5, 5.41) is 8.81. The molecule has 2 aromatic heterocycles. The first-order valence-corrected chi connectivity index (χ1v) is 5.64. The van der Waals surface area contributed by atoms with Crippen molar-refractivity contribution < 1.29 is 0 Å². The van der Waals surface area contributed by atoms with Gasteiger partial charge in [0.2, 0.25) is 5.82 Å². The van der Waals surface area contributed by atoms with Crippen LogP contribution in [0.5, 0.6) is 0 Å². The minimum atomic E-state index is 0.474. The smallest absolute Gasteiger partial charge is 0.213 e. The molecule has 0 unspecified atom stereocenters. The van der Waals surface area contributed by atoms with Gasteiger partial charge in [0.05, 0.1) is 6.54 Å². The second-order valence-electron chi connectivity index (χ2n) is 3.21. The Hall–Kier alpha value is -1.60. The van der Waals surface area contributed by atoms with Crippen LogP contribution < -0.4 is 0 Å². The van der Waals surface area contributed by atoms with E-state index in [2.05, 4.69) is 30.1 Å². The van der Waals surface area contributed by atoms with Crippen molar-refractivity contribution in [1.29, 1.82) is 5.26 Å². The van der Waals surface area contributed by atoms with Gasteiger partial charge in [-0.2, -0.15) is 5.26 Å². The van der Waals surface area contributed by atoms with E-state index in [1.807, 2.05) is 10.8 Å². The Morgan fingerprint density at radius 3 is 2.93 bits per heavy atom. The molecule has 0 amide bonds. The molecule has 2 aromatic rings. The van der Waals surface area contributed by atoms with Crippen molar-refractivity contribution in [3.63, 3.8) is 0 Å². The third-order valence-corrected chi connectivity index (χ3v) is 3.42. The number of imidazole rings is 1. The fourth-order valence-electron chi connectivity index (χ4n) is 1.42. The van der Waals surface area contributed by atoms with Crippen LogP contribution in [0.1, 0.15) is 22.5 Å². The lowest BCUT2D eigenvalue weighted by Gasteiger charge is -1.99. The third-order valence-electron chi connectivity index (χ3n) is 2.21. The molecule has 0 bridgehead atoms. The molecule has 15 heavy (non-hydrogen) atoms. The largest absolute Gasteiger partial charge is 0.317 e. The van der Waals surface area contributed by atoms with Crippen molar-refractivity contribution in [2.24, 2.45) is 0 Å². The Morgan fingerprint density at radius 2 is 2.27 bits per heavy atom. The highest BCUT2D eigenvalue weighted by Gasteiger charge is 2.03. The molecule has 0 spiro atoms. The third kappa shape index (κ3) is 2.08. The van der Waals surface area contributed by atoms with Crippen molar-refractivity contribution in [3.8, 4) is 6.07 Å². The highest BCUT2D eigenvalue weighted by atomic mass is 32.1. The molecule has 0 N–H and O–H groups in total. The summed E-state index contributed by atoms with van der Waals surface area (Å²) in [7, 11) is 0. The predicted molar refractivity (Wildman–Crippen MR) is 59.7 cm³/mol. The highest BCUT2D eigenvalue weighted by Crippen LogP contribution is 2.18. The maximum absolute atomic E-state index is 8.81. The van der Waals surface area contributed by atoms with Gasteiger partial charge in [0.1, 0.15) is 6.07 Å². The molecule has 76 valence electrons. The van der Waals surface area contributed by atoms with Gasteiger partial charge in [0.15, 0.2) is 0 Å². The van der Waals surface area contributed by atoms with E-state index in [0.29, 0.717) is 5.82 Å². The van der Waals surface area contributed by atoms with E-state index in [4.69, 9.17) is 5.26 Å². The summed E-state index contributed by atoms with van der Waals surface area (Å²) in [6.45, 7) is 2.89. The molecular formula is C11H11N3S. The van der Waals surface area contributed by atoms with E-state index < -0.39 is 0 Å². The SMILES string of the molecule is CCc1ccc(Cn2ccnc2C#N)s1. The Morgan fingerprint density at radius 1 is 1.47 bits per heavy atom. The zero-order chi connectivity index (χ0) is 10.7. The first-order chi connectivity index (χ1) is 7.33. The van der Waals surface area contributed by atoms with E-state index in [1.54, 1.807) is 17.5 Å². The maximum Gasteiger partial charge on any atom is 0.213 e. The lowest BCUT2D eigenvalue weighted by molar-refractivity contribution is 0.794. The summed E-state index contributed by atoms with van der Waals surface area (Å²) < 4.78 is 1.87. The predicted octanol–water partition coefficient (Wildman–Crippen LogP) is 2.43. The zero-order valence-corrected chi connectivity index (χ0v) is 9.29. The molecule has 0 aliphatic heterocycles. The first-order valence-electron chi connectivity index (χ1n) is 4.82. The van der Waals surface area contributed by atoms with E-state index in [0.717, 1.165) is 13.0 Å². The quantitative estimate of drug-likeness (QED) is 0.792. The number of thiophene rings is 1. The van der Waals surface area contributed by atoms with Gasteiger partial charge in [-0.25, -0.2) is 4.98 Å². The van der Waals surface area contributed by atoms with Crippen LogP contribution in [0.3, 0.4) is 0 Å². The van der Waals surface area contributed by atoms with E-state index >= 15 is 0 Å². The summed E-state index contributed by atoms with van der Waals surface area (Å²) in [6.07, 6.45) is 4.57. The molecule has 0 aliphatic rings. The van der Waals surface area contributed by atoms with Crippen molar-refractivity contribution in [1.82, 2.24) is 9.55 Å². The lowest BCUT2D eigenvalue weighted by atomic mass is 10.3. The van der Waals surface area contributed by atoms with Crippen LogP contribution in [-0.2, 0) is 13.0 Å². The van der Waals surface area contributed by atoms with Crippen LogP contribution in [0.15, 0.2) is 24.5 Å². The highest BCUT2D eigenvalue weighted by molar-refractivity contribution is 7.11. The zero-order valence-electron chi connectivity index (χ0n) is 8.47. The molecule has 2 rings (SSSR count). The van der Waals surface area contributed by atoms with Crippen molar-refractivity contribution in [2.45, 2.75) is 19.9 Å². The average Bonchev–Trinajstić information content (AvgIpc) is 2.87. The Labute approximate surface area is 92.6 Å². The van der Waals surface area contributed by atoms with Crippen molar-refractivity contribution in [2.75, 3.05) is 0 Å². The van der Waals surface area contributed by atoms with Gasteiger partial charge in [-0.3, -0.25) is 0 Å². The molecule has 3 nitrogen and oxygen atoms in total. The first kappa shape index (κ1) is 9.94. The fraction of sp³-hybridized carbons (Fsp3) is 0.273. The van der Waals surface area contributed by atoms with Gasteiger partial charge < -0.3 is 4.57 Å². The van der Waals surface area contributed by atoms with Gasteiger partial charge in [-0.1, -0.05) is 6.92 Å². The second kappa shape index (κ2) is 4.28. The summed E-state index contributed by atoms with van der Waals surface area (Å²) in [5.41, 5.74) is 0. The number of aryl methyl sites for hydroxylation is 1. The number of hydrogen-bond acceptors (Lipinski definition) is 3. The van der Waals surface area contributed by atoms with Crippen LogP contribution >= 0.6 is 11.3 Å². The number of aromatic nitrogens is 2. The number of rotatable bonds is 3. The topological polar surface area (TPSA) is 41.6 Å². The molecule has 0 saturated heterocycles. The molecule has 0 atom stereocenters. The van der Waals surface area contributed by atoms with Crippen LogP contribution in [-0.4, -0.2) is 9.55 Å². The van der Waals surface area contributed by atoms with E-state index in [9.17, 15) is 0 Å².